The van der Waals surface area contributed by atoms with Gasteiger partial charge in [0.1, 0.15) is 24.9 Å². The number of nitrogens with one attached hydrogen (secondary N) is 1. The number of aromatic nitrogens is 7. The molecule has 9 nitrogen and oxygen atoms in total. The van der Waals surface area contributed by atoms with E-state index in [2.05, 4.69) is 30.7 Å². The Morgan fingerprint density at radius 1 is 1.25 bits per heavy atom. The van der Waals surface area contributed by atoms with Gasteiger partial charge in [0.25, 0.3) is 0 Å². The van der Waals surface area contributed by atoms with Gasteiger partial charge in [-0.25, -0.2) is 9.67 Å². The van der Waals surface area contributed by atoms with Gasteiger partial charge in [-0.1, -0.05) is 6.07 Å². The highest BCUT2D eigenvalue weighted by molar-refractivity contribution is 7.13. The molecule has 0 aliphatic carbocycles. The Kier molecular flexibility index (Phi) is 3.71. The number of hydrogen-bond acceptors (Lipinski definition) is 7. The Balaban J connectivity index is 1.51. The van der Waals surface area contributed by atoms with Crippen molar-refractivity contribution in [1.82, 2.24) is 39.9 Å². The molecule has 10 heteroatoms. The van der Waals surface area contributed by atoms with Crippen molar-refractivity contribution < 1.29 is 4.79 Å². The van der Waals surface area contributed by atoms with Crippen LogP contribution < -0.4 is 5.32 Å². The molecule has 0 unspecified atom stereocenters. The van der Waals surface area contributed by atoms with Crippen LogP contribution in [0.25, 0.3) is 16.2 Å². The lowest BCUT2D eigenvalue weighted by Gasteiger charge is -2.04. The monoisotopic (exact) mass is 340 g/mol. The average Bonchev–Trinajstić information content (AvgIpc) is 3.34. The molecule has 0 radical (unpaired) electrons. The number of thiophene rings is 1. The summed E-state index contributed by atoms with van der Waals surface area (Å²) < 4.78 is 3.09. The number of amides is 1. The third-order valence-corrected chi connectivity index (χ3v) is 4.21. The van der Waals surface area contributed by atoms with Crippen molar-refractivity contribution in [2.45, 2.75) is 13.1 Å². The Labute approximate surface area is 140 Å². The van der Waals surface area contributed by atoms with Crippen LogP contribution in [0.3, 0.4) is 0 Å². The predicted molar refractivity (Wildman–Crippen MR) is 86.0 cm³/mol. The van der Waals surface area contributed by atoms with Crippen LogP contribution in [0.15, 0.2) is 42.3 Å². The summed E-state index contributed by atoms with van der Waals surface area (Å²) >= 11 is 1.61. The largest absolute Gasteiger partial charge is 0.347 e. The highest BCUT2D eigenvalue weighted by atomic mass is 32.1. The summed E-state index contributed by atoms with van der Waals surface area (Å²) in [5.74, 6) is 0.377. The molecule has 0 spiro atoms. The van der Waals surface area contributed by atoms with Gasteiger partial charge in [0, 0.05) is 0 Å². The second-order valence-corrected chi connectivity index (χ2v) is 5.90. The molecule has 4 rings (SSSR count). The highest BCUT2D eigenvalue weighted by Gasteiger charge is 2.11. The first-order valence-electron chi connectivity index (χ1n) is 7.14. The molecule has 24 heavy (non-hydrogen) atoms. The van der Waals surface area contributed by atoms with E-state index in [0.717, 1.165) is 10.6 Å². The number of carbonyl (C=O) groups excluding carboxylic acids is 1. The molecule has 0 atom stereocenters. The van der Waals surface area contributed by atoms with Crippen molar-refractivity contribution in [3.63, 3.8) is 0 Å². The van der Waals surface area contributed by atoms with E-state index in [0.29, 0.717) is 11.5 Å². The lowest BCUT2D eigenvalue weighted by molar-refractivity contribution is -0.122. The van der Waals surface area contributed by atoms with Gasteiger partial charge in [-0.2, -0.15) is 14.7 Å². The van der Waals surface area contributed by atoms with Gasteiger partial charge in [-0.3, -0.25) is 4.79 Å². The fourth-order valence-electron chi connectivity index (χ4n) is 2.19. The van der Waals surface area contributed by atoms with Crippen molar-refractivity contribution in [1.29, 1.82) is 0 Å². The second-order valence-electron chi connectivity index (χ2n) is 4.95. The van der Waals surface area contributed by atoms with Crippen LogP contribution in [0.1, 0.15) is 5.82 Å². The van der Waals surface area contributed by atoms with Crippen LogP contribution in [0, 0.1) is 0 Å². The summed E-state index contributed by atoms with van der Waals surface area (Å²) in [5.41, 5.74) is 1.48. The molecule has 4 aromatic rings. The topological polar surface area (TPSA) is 103 Å². The van der Waals surface area contributed by atoms with E-state index < -0.39 is 0 Å². The van der Waals surface area contributed by atoms with Gasteiger partial charge in [0.15, 0.2) is 11.5 Å². The van der Waals surface area contributed by atoms with Crippen LogP contribution >= 0.6 is 11.3 Å². The van der Waals surface area contributed by atoms with Crippen LogP contribution in [0.2, 0.25) is 0 Å². The standard InChI is InChI=1S/C14H12N8OS/c23-14(7-21-9-15-8-17-21)16-6-13-19-18-12-4-3-10(20-22(12)13)11-2-1-5-24-11/h1-5,8-9H,6-7H2,(H,16,23). The molecular formula is C14H12N8OS. The molecule has 4 aromatic heterocycles. The molecule has 120 valence electrons. The van der Waals surface area contributed by atoms with E-state index >= 15 is 0 Å². The van der Waals surface area contributed by atoms with Gasteiger partial charge in [0.05, 0.1) is 11.4 Å². The third kappa shape index (κ3) is 2.86. The molecule has 0 bridgehead atoms. The number of nitrogens with zero attached hydrogens (tertiary/aromatic N) is 7. The molecule has 0 aliphatic heterocycles. The number of carbonyl (C=O) groups is 1. The molecule has 4 heterocycles. The second kappa shape index (κ2) is 6.16. The van der Waals surface area contributed by atoms with Gasteiger partial charge >= 0.3 is 0 Å². The minimum Gasteiger partial charge on any atom is -0.347 e. The van der Waals surface area contributed by atoms with Crippen molar-refractivity contribution >= 4 is 22.9 Å². The summed E-state index contributed by atoms with van der Waals surface area (Å²) in [6.45, 7) is 0.334. The van der Waals surface area contributed by atoms with E-state index in [-0.39, 0.29) is 19.0 Å². The highest BCUT2D eigenvalue weighted by Crippen LogP contribution is 2.22. The Morgan fingerprint density at radius 3 is 3.00 bits per heavy atom. The van der Waals surface area contributed by atoms with Crippen molar-refractivity contribution in [3.8, 4) is 10.6 Å². The van der Waals surface area contributed by atoms with E-state index in [1.165, 1.54) is 17.3 Å². The molecular weight excluding hydrogens is 328 g/mol. The summed E-state index contributed by atoms with van der Waals surface area (Å²) in [6.07, 6.45) is 2.87. The fourth-order valence-corrected chi connectivity index (χ4v) is 2.88. The first kappa shape index (κ1) is 14.5. The molecule has 0 aromatic carbocycles. The summed E-state index contributed by atoms with van der Waals surface area (Å²) in [7, 11) is 0. The molecule has 1 N–H and O–H groups in total. The maximum Gasteiger partial charge on any atom is 0.242 e. The van der Waals surface area contributed by atoms with Gasteiger partial charge < -0.3 is 5.32 Å². The first-order chi connectivity index (χ1) is 11.8. The zero-order valence-corrected chi connectivity index (χ0v) is 13.2. The van der Waals surface area contributed by atoms with Gasteiger partial charge in [0.2, 0.25) is 5.91 Å². The summed E-state index contributed by atoms with van der Waals surface area (Å²) in [5, 5.41) is 21.4. The maximum absolute atomic E-state index is 11.9. The summed E-state index contributed by atoms with van der Waals surface area (Å²) in [4.78, 5) is 16.8. The average molecular weight is 340 g/mol. The number of fused-ring (bicyclic) bond motifs is 1. The van der Waals surface area contributed by atoms with Crippen LogP contribution in [-0.2, 0) is 17.9 Å². The molecule has 0 aliphatic rings. The smallest absolute Gasteiger partial charge is 0.242 e. The maximum atomic E-state index is 11.9. The normalized spacial score (nSPS) is 11.0. The van der Waals surface area contributed by atoms with Gasteiger partial charge in [-0.05, 0) is 23.6 Å². The first-order valence-corrected chi connectivity index (χ1v) is 8.02. The Morgan fingerprint density at radius 2 is 2.21 bits per heavy atom. The zero-order chi connectivity index (χ0) is 16.4. The zero-order valence-electron chi connectivity index (χ0n) is 12.4. The third-order valence-electron chi connectivity index (χ3n) is 3.32. The van der Waals surface area contributed by atoms with Crippen molar-refractivity contribution in [2.24, 2.45) is 0 Å². The van der Waals surface area contributed by atoms with E-state index in [1.807, 2.05) is 29.6 Å². The molecule has 0 saturated heterocycles. The minimum absolute atomic E-state index is 0.102. The van der Waals surface area contributed by atoms with Crippen LogP contribution in [0.4, 0.5) is 0 Å². The predicted octanol–water partition coefficient (Wildman–Crippen LogP) is 0.761. The molecule has 0 saturated carbocycles. The van der Waals surface area contributed by atoms with Crippen molar-refractivity contribution in [2.75, 3.05) is 0 Å². The van der Waals surface area contributed by atoms with E-state index in [1.54, 1.807) is 15.9 Å². The fraction of sp³-hybridized carbons (Fsp3) is 0.143. The van der Waals surface area contributed by atoms with E-state index in [9.17, 15) is 4.79 Å². The minimum atomic E-state index is -0.188. The van der Waals surface area contributed by atoms with E-state index in [4.69, 9.17) is 0 Å². The molecule has 1 amide bonds. The SMILES string of the molecule is O=C(Cn1cncn1)NCc1nnc2ccc(-c3cccs3)nn12. The lowest BCUT2D eigenvalue weighted by Crippen LogP contribution is -2.28. The molecule has 0 fully saturated rings. The number of hydrogen-bond donors (Lipinski definition) is 1. The lowest BCUT2D eigenvalue weighted by atomic mass is 10.3. The summed E-state index contributed by atoms with van der Waals surface area (Å²) in [6, 6.07) is 7.74. The number of rotatable bonds is 5. The Hall–Kier alpha value is -3.14. The quantitative estimate of drug-likeness (QED) is 0.575. The van der Waals surface area contributed by atoms with Gasteiger partial charge in [-0.15, -0.1) is 21.5 Å². The van der Waals surface area contributed by atoms with Crippen LogP contribution in [-0.4, -0.2) is 40.5 Å². The van der Waals surface area contributed by atoms with Crippen molar-refractivity contribution in [3.05, 3.63) is 48.1 Å². The Bertz CT molecular complexity index is 960. The van der Waals surface area contributed by atoms with Crippen LogP contribution in [0.5, 0.6) is 0 Å².